The minimum Gasteiger partial charge on any atom is -0.458 e. The number of rotatable bonds is 7. The fraction of sp³-hybridized carbons (Fsp3) is 0.588. The van der Waals surface area contributed by atoms with Crippen molar-refractivity contribution in [1.82, 2.24) is 0 Å². The molecule has 0 aliphatic heterocycles. The van der Waals surface area contributed by atoms with E-state index in [2.05, 4.69) is 6.58 Å². The Labute approximate surface area is 253 Å². The first-order valence-corrected chi connectivity index (χ1v) is 14.8. The molecule has 8 atom stereocenters. The number of aliphatic hydroxyl groups excluding tert-OH is 1. The summed E-state index contributed by atoms with van der Waals surface area (Å²) in [5.74, 6) is -2.94. The number of Topliss-reactive ketones (excluding diaryl/α,β-unsaturated/α-hetero) is 1. The third-order valence-corrected chi connectivity index (χ3v) is 10.2. The number of aliphatic hydroxyl groups is 2. The maximum atomic E-state index is 13.8. The maximum absolute atomic E-state index is 13.8. The van der Waals surface area contributed by atoms with Crippen LogP contribution in [0.15, 0.2) is 53.6 Å². The molecule has 0 radical (unpaired) electrons. The summed E-state index contributed by atoms with van der Waals surface area (Å²) in [5.41, 5.74) is -1.77. The van der Waals surface area contributed by atoms with Crippen LogP contribution in [0.1, 0.15) is 84.5 Å². The van der Waals surface area contributed by atoms with Gasteiger partial charge in [0.15, 0.2) is 6.10 Å². The van der Waals surface area contributed by atoms with Crippen LogP contribution in [0.25, 0.3) is 0 Å². The van der Waals surface area contributed by atoms with Gasteiger partial charge in [0, 0.05) is 37.5 Å². The molecule has 0 spiro atoms. The minimum absolute atomic E-state index is 0.0953. The molecule has 4 rings (SSSR count). The number of carbonyl (C=O) groups is 4. The van der Waals surface area contributed by atoms with Crippen molar-refractivity contribution in [2.24, 2.45) is 22.7 Å². The first kappa shape index (κ1) is 32.6. The van der Waals surface area contributed by atoms with Crippen molar-refractivity contribution in [3.8, 4) is 0 Å². The summed E-state index contributed by atoms with van der Waals surface area (Å²) in [4.78, 5) is 51.4. The van der Waals surface area contributed by atoms with E-state index in [9.17, 15) is 29.4 Å². The van der Waals surface area contributed by atoms with E-state index in [1.54, 1.807) is 51.1 Å². The monoisotopic (exact) mass is 596 g/mol. The smallest absolute Gasteiger partial charge is 0.338 e. The molecule has 0 amide bonds. The normalized spacial score (nSPS) is 34.0. The maximum Gasteiger partial charge on any atom is 0.338 e. The zero-order chi connectivity index (χ0) is 32.1. The molecular formula is C34H44O9. The van der Waals surface area contributed by atoms with Crippen LogP contribution in [-0.4, -0.2) is 63.9 Å². The molecule has 0 saturated heterocycles. The molecule has 1 aromatic rings. The molecule has 0 heterocycles. The Bertz CT molecular complexity index is 1340. The summed E-state index contributed by atoms with van der Waals surface area (Å²) in [6.07, 6.45) is -3.33. The highest BCUT2D eigenvalue weighted by Gasteiger charge is 2.68. The van der Waals surface area contributed by atoms with Gasteiger partial charge in [-0.25, -0.2) is 4.79 Å². The third-order valence-electron chi connectivity index (χ3n) is 10.2. The molecule has 1 aromatic carbocycles. The summed E-state index contributed by atoms with van der Waals surface area (Å²) in [6.45, 7) is 15.3. The average molecular weight is 597 g/mol. The Hall–Kier alpha value is -3.30. The lowest BCUT2D eigenvalue weighted by molar-refractivity contribution is -0.175. The largest absolute Gasteiger partial charge is 0.458 e. The van der Waals surface area contributed by atoms with Gasteiger partial charge in [-0.05, 0) is 81.2 Å². The van der Waals surface area contributed by atoms with E-state index in [1.807, 2.05) is 6.92 Å². The van der Waals surface area contributed by atoms with E-state index in [-0.39, 0.29) is 37.0 Å². The molecule has 3 aliphatic carbocycles. The molecule has 0 aromatic heterocycles. The number of hydrogen-bond acceptors (Lipinski definition) is 9. The van der Waals surface area contributed by atoms with Crippen LogP contribution in [0.4, 0.5) is 0 Å². The van der Waals surface area contributed by atoms with E-state index in [0.29, 0.717) is 16.7 Å². The van der Waals surface area contributed by atoms with Crippen LogP contribution in [0.3, 0.4) is 0 Å². The summed E-state index contributed by atoms with van der Waals surface area (Å²) < 4.78 is 18.2. The molecule has 2 saturated carbocycles. The highest BCUT2D eigenvalue weighted by molar-refractivity contribution is 5.89. The van der Waals surface area contributed by atoms with Gasteiger partial charge in [-0.2, -0.15) is 0 Å². The van der Waals surface area contributed by atoms with E-state index < -0.39 is 70.6 Å². The second-order valence-corrected chi connectivity index (χ2v) is 13.3. The van der Waals surface area contributed by atoms with Gasteiger partial charge in [0.25, 0.3) is 0 Å². The molecule has 2 fully saturated rings. The summed E-state index contributed by atoms with van der Waals surface area (Å²) >= 11 is 0. The topological polar surface area (TPSA) is 136 Å². The fourth-order valence-corrected chi connectivity index (χ4v) is 8.07. The first-order valence-electron chi connectivity index (χ1n) is 14.8. The Morgan fingerprint density at radius 2 is 1.60 bits per heavy atom. The quantitative estimate of drug-likeness (QED) is 0.265. The highest BCUT2D eigenvalue weighted by atomic mass is 16.6. The highest BCUT2D eigenvalue weighted by Crippen LogP contribution is 2.66. The lowest BCUT2D eigenvalue weighted by atomic mass is 9.52. The SMILES string of the molecule is C=C1[C@H]2C[C@]3(C(C)(C)O)C[C@H](OC(C)=O)C(C)=C3[C@@H](OC(=O)c3ccccc3)[C@H](OC(C)=O)[C@@]2(C)[C@@H](CC(C)=O)C[C@@H]1O. The van der Waals surface area contributed by atoms with Crippen LogP contribution in [-0.2, 0) is 28.6 Å². The number of ether oxygens (including phenoxy) is 3. The Kier molecular flexibility index (Phi) is 8.84. The summed E-state index contributed by atoms with van der Waals surface area (Å²) in [5, 5.41) is 23.2. The van der Waals surface area contributed by atoms with Crippen molar-refractivity contribution >= 4 is 23.7 Å². The Morgan fingerprint density at radius 3 is 2.14 bits per heavy atom. The molecule has 9 nitrogen and oxygen atoms in total. The van der Waals surface area contributed by atoms with E-state index in [4.69, 9.17) is 14.2 Å². The molecular weight excluding hydrogens is 552 g/mol. The molecule has 3 aliphatic rings. The molecule has 43 heavy (non-hydrogen) atoms. The van der Waals surface area contributed by atoms with Gasteiger partial charge in [-0.15, -0.1) is 0 Å². The number of carbonyl (C=O) groups excluding carboxylic acids is 4. The Morgan fingerprint density at radius 1 is 1.00 bits per heavy atom. The van der Waals surface area contributed by atoms with Crippen molar-refractivity contribution in [1.29, 1.82) is 0 Å². The predicted molar refractivity (Wildman–Crippen MR) is 158 cm³/mol. The fourth-order valence-electron chi connectivity index (χ4n) is 8.07. The number of fused-ring (bicyclic) bond motifs is 2. The first-order chi connectivity index (χ1) is 19.9. The van der Waals surface area contributed by atoms with Gasteiger partial charge >= 0.3 is 17.9 Å². The number of benzene rings is 1. The molecule has 2 N–H and O–H groups in total. The molecule has 234 valence electrons. The van der Waals surface area contributed by atoms with Crippen molar-refractivity contribution < 1.29 is 43.6 Å². The van der Waals surface area contributed by atoms with Crippen LogP contribution >= 0.6 is 0 Å². The van der Waals surface area contributed by atoms with Crippen molar-refractivity contribution in [3.63, 3.8) is 0 Å². The van der Waals surface area contributed by atoms with E-state index in [1.165, 1.54) is 20.8 Å². The van der Waals surface area contributed by atoms with Crippen molar-refractivity contribution in [3.05, 3.63) is 59.2 Å². The van der Waals surface area contributed by atoms with Gasteiger partial charge in [0.05, 0.1) is 17.3 Å². The van der Waals surface area contributed by atoms with Crippen molar-refractivity contribution in [2.45, 2.75) is 104 Å². The van der Waals surface area contributed by atoms with Crippen LogP contribution in [0.2, 0.25) is 0 Å². The summed E-state index contributed by atoms with van der Waals surface area (Å²) in [6, 6.07) is 8.41. The van der Waals surface area contributed by atoms with E-state index >= 15 is 0 Å². The van der Waals surface area contributed by atoms with Gasteiger partial charge in [-0.3, -0.25) is 9.59 Å². The van der Waals surface area contributed by atoms with Crippen LogP contribution < -0.4 is 0 Å². The van der Waals surface area contributed by atoms with Gasteiger partial charge < -0.3 is 29.2 Å². The van der Waals surface area contributed by atoms with Gasteiger partial charge in [0.2, 0.25) is 0 Å². The third kappa shape index (κ3) is 5.69. The summed E-state index contributed by atoms with van der Waals surface area (Å²) in [7, 11) is 0. The molecule has 9 heteroatoms. The predicted octanol–water partition coefficient (Wildman–Crippen LogP) is 4.50. The zero-order valence-corrected chi connectivity index (χ0v) is 26.1. The second-order valence-electron chi connectivity index (χ2n) is 13.3. The van der Waals surface area contributed by atoms with Crippen molar-refractivity contribution in [2.75, 3.05) is 0 Å². The molecule has 0 unspecified atom stereocenters. The Balaban J connectivity index is 2.07. The minimum atomic E-state index is -1.46. The lowest BCUT2D eigenvalue weighted by Crippen LogP contribution is -2.57. The molecule has 0 bridgehead atoms. The average Bonchev–Trinajstić information content (AvgIpc) is 3.13. The lowest BCUT2D eigenvalue weighted by Gasteiger charge is -2.54. The van der Waals surface area contributed by atoms with Gasteiger partial charge in [-0.1, -0.05) is 31.7 Å². The number of ketones is 1. The van der Waals surface area contributed by atoms with Crippen LogP contribution in [0.5, 0.6) is 0 Å². The van der Waals surface area contributed by atoms with Crippen LogP contribution in [0, 0.1) is 22.7 Å². The van der Waals surface area contributed by atoms with Gasteiger partial charge in [0.1, 0.15) is 18.0 Å². The number of hydrogen-bond donors (Lipinski definition) is 2. The second kappa shape index (κ2) is 11.7. The standard InChI is InChI=1S/C34H44O9/c1-18(35)14-24-15-26(38)19(2)25-16-34(32(6,7)40)17-27(41-21(4)36)20(3)28(34)29(30(33(24,25)8)42-22(5)37)43-31(39)23-12-10-9-11-13-23/h9-13,24-27,29-30,38,40H,2,14-17H2,1,3-8H3/t24-,25+,26-,27-,29+,30-,33-,34-/m0/s1. The number of esters is 3. The zero-order valence-electron chi connectivity index (χ0n) is 26.1. The van der Waals surface area contributed by atoms with E-state index in [0.717, 1.165) is 0 Å².